The number of aromatic amines is 1. The number of pyridine rings is 1. The molecule has 0 bridgehead atoms. The lowest BCUT2D eigenvalue weighted by Gasteiger charge is -2.11. The quantitative estimate of drug-likeness (QED) is 0.846. The first-order chi connectivity index (χ1) is 10.5. The second kappa shape index (κ2) is 6.20. The van der Waals surface area contributed by atoms with Gasteiger partial charge in [-0.05, 0) is 17.7 Å². The molecular formula is C14H8F2N4OS. The van der Waals surface area contributed by atoms with Crippen LogP contribution in [0.4, 0.5) is 14.6 Å². The van der Waals surface area contributed by atoms with Gasteiger partial charge in [0.05, 0.1) is 5.56 Å². The van der Waals surface area contributed by atoms with E-state index in [0.29, 0.717) is 5.56 Å². The molecule has 0 saturated heterocycles. The number of aromatic nitrogens is 1. The number of nitriles is 2. The zero-order chi connectivity index (χ0) is 16.3. The highest BCUT2D eigenvalue weighted by molar-refractivity contribution is 7.71. The number of ether oxygens (including phenoxy) is 1. The summed E-state index contributed by atoms with van der Waals surface area (Å²) in [4.78, 5) is 2.56. The van der Waals surface area contributed by atoms with E-state index in [1.165, 1.54) is 18.2 Å². The van der Waals surface area contributed by atoms with Crippen LogP contribution in [0.15, 0.2) is 24.3 Å². The largest absolute Gasteiger partial charge is 0.435 e. The average Bonchev–Trinajstić information content (AvgIpc) is 2.46. The third kappa shape index (κ3) is 2.87. The number of benzene rings is 1. The molecule has 0 saturated carbocycles. The van der Waals surface area contributed by atoms with Gasteiger partial charge in [0, 0.05) is 5.56 Å². The number of nitrogens with one attached hydrogen (secondary N) is 1. The summed E-state index contributed by atoms with van der Waals surface area (Å²) in [6, 6.07) is 9.41. The van der Waals surface area contributed by atoms with Crippen LogP contribution in [-0.4, -0.2) is 11.6 Å². The molecule has 5 nitrogen and oxygen atoms in total. The number of halogens is 2. The van der Waals surface area contributed by atoms with Crippen LogP contribution in [0.25, 0.3) is 11.1 Å². The fraction of sp³-hybridized carbons (Fsp3) is 0.0714. The van der Waals surface area contributed by atoms with Crippen molar-refractivity contribution < 1.29 is 13.5 Å². The molecule has 1 aromatic heterocycles. The van der Waals surface area contributed by atoms with Gasteiger partial charge in [-0.3, -0.25) is 0 Å². The minimum absolute atomic E-state index is 0.00156. The molecule has 0 unspecified atom stereocenters. The van der Waals surface area contributed by atoms with Crippen molar-refractivity contribution in [3.8, 4) is 29.0 Å². The van der Waals surface area contributed by atoms with Crippen molar-refractivity contribution in [2.75, 3.05) is 5.73 Å². The van der Waals surface area contributed by atoms with Crippen molar-refractivity contribution in [3.05, 3.63) is 40.0 Å². The van der Waals surface area contributed by atoms with E-state index in [4.69, 9.17) is 18.0 Å². The Morgan fingerprint density at radius 2 is 1.91 bits per heavy atom. The molecule has 1 heterocycles. The van der Waals surface area contributed by atoms with Crippen LogP contribution < -0.4 is 10.5 Å². The van der Waals surface area contributed by atoms with Gasteiger partial charge in [-0.2, -0.15) is 19.3 Å². The average molecular weight is 318 g/mol. The van der Waals surface area contributed by atoms with Gasteiger partial charge in [-0.15, -0.1) is 0 Å². The predicted octanol–water partition coefficient (Wildman–Crippen LogP) is 3.34. The first-order valence-electron chi connectivity index (χ1n) is 5.89. The Labute approximate surface area is 129 Å². The minimum atomic E-state index is -2.98. The molecular weight excluding hydrogens is 310 g/mol. The molecule has 2 rings (SSSR count). The molecule has 110 valence electrons. The van der Waals surface area contributed by atoms with Crippen LogP contribution in [0.5, 0.6) is 5.75 Å². The van der Waals surface area contributed by atoms with E-state index in [-0.39, 0.29) is 32.9 Å². The smallest absolute Gasteiger partial charge is 0.387 e. The molecule has 1 aromatic carbocycles. The fourth-order valence-corrected chi connectivity index (χ4v) is 2.22. The first kappa shape index (κ1) is 15.4. The lowest BCUT2D eigenvalue weighted by Crippen LogP contribution is -2.03. The number of hydrogen-bond donors (Lipinski definition) is 2. The van der Waals surface area contributed by atoms with E-state index >= 15 is 0 Å². The molecule has 0 aliphatic rings. The second-order valence-electron chi connectivity index (χ2n) is 4.12. The maximum atomic E-state index is 12.3. The van der Waals surface area contributed by atoms with Gasteiger partial charge < -0.3 is 15.5 Å². The van der Waals surface area contributed by atoms with E-state index in [2.05, 4.69) is 9.72 Å². The number of nitrogens with zero attached hydrogens (tertiary/aromatic N) is 2. The van der Waals surface area contributed by atoms with E-state index in [0.717, 1.165) is 0 Å². The van der Waals surface area contributed by atoms with Crippen LogP contribution in [0.2, 0.25) is 0 Å². The van der Waals surface area contributed by atoms with E-state index < -0.39 is 6.61 Å². The van der Waals surface area contributed by atoms with Gasteiger partial charge in [-0.25, -0.2) is 0 Å². The number of alkyl halides is 2. The SMILES string of the molecule is N#Cc1c(N)[nH]c(=S)c(C#N)c1-c1cccc(OC(F)F)c1. The summed E-state index contributed by atoms with van der Waals surface area (Å²) in [7, 11) is 0. The Morgan fingerprint density at radius 3 is 2.50 bits per heavy atom. The highest BCUT2D eigenvalue weighted by Gasteiger charge is 2.17. The summed E-state index contributed by atoms with van der Waals surface area (Å²) in [5.41, 5.74) is 6.27. The molecule has 0 spiro atoms. The number of hydrogen-bond acceptors (Lipinski definition) is 5. The normalized spacial score (nSPS) is 10.0. The Bertz CT molecular complexity index is 865. The zero-order valence-electron chi connectivity index (χ0n) is 10.9. The maximum Gasteiger partial charge on any atom is 0.387 e. The van der Waals surface area contributed by atoms with Crippen LogP contribution in [0, 0.1) is 27.3 Å². The lowest BCUT2D eigenvalue weighted by molar-refractivity contribution is -0.0498. The van der Waals surface area contributed by atoms with Crippen LogP contribution >= 0.6 is 12.2 Å². The molecule has 2 aromatic rings. The molecule has 0 amide bonds. The Kier molecular flexibility index (Phi) is 4.35. The minimum Gasteiger partial charge on any atom is -0.435 e. The fourth-order valence-electron chi connectivity index (χ4n) is 1.96. The molecule has 0 aliphatic heterocycles. The summed E-state index contributed by atoms with van der Waals surface area (Å²) < 4.78 is 29.0. The maximum absolute atomic E-state index is 12.3. The van der Waals surface area contributed by atoms with Gasteiger partial charge >= 0.3 is 6.61 Å². The molecule has 3 N–H and O–H groups in total. The number of nitrogens with two attached hydrogens (primary N) is 1. The highest BCUT2D eigenvalue weighted by atomic mass is 32.1. The Morgan fingerprint density at radius 1 is 1.23 bits per heavy atom. The highest BCUT2D eigenvalue weighted by Crippen LogP contribution is 2.32. The second-order valence-corrected chi connectivity index (χ2v) is 4.53. The van der Waals surface area contributed by atoms with Gasteiger partial charge in [-0.1, -0.05) is 24.4 Å². The number of anilines is 1. The van der Waals surface area contributed by atoms with Crippen molar-refractivity contribution in [2.45, 2.75) is 6.61 Å². The van der Waals surface area contributed by atoms with Crippen molar-refractivity contribution in [3.63, 3.8) is 0 Å². The van der Waals surface area contributed by atoms with Crippen molar-refractivity contribution in [1.82, 2.24) is 4.98 Å². The molecule has 0 aliphatic carbocycles. The first-order valence-corrected chi connectivity index (χ1v) is 6.30. The number of nitrogen functional groups attached to an aromatic ring is 1. The third-order valence-electron chi connectivity index (χ3n) is 2.82. The lowest BCUT2D eigenvalue weighted by atomic mass is 9.97. The van der Waals surface area contributed by atoms with E-state index in [1.54, 1.807) is 6.07 Å². The van der Waals surface area contributed by atoms with Gasteiger partial charge in [0.1, 0.15) is 33.9 Å². The summed E-state index contributed by atoms with van der Waals surface area (Å²) in [5.74, 6) is -0.0979. The Balaban J connectivity index is 2.75. The van der Waals surface area contributed by atoms with E-state index in [1.807, 2.05) is 12.1 Å². The summed E-state index contributed by atoms with van der Waals surface area (Å²) in [5, 5.41) is 18.5. The molecule has 22 heavy (non-hydrogen) atoms. The van der Waals surface area contributed by atoms with Crippen molar-refractivity contribution >= 4 is 18.0 Å². The molecule has 8 heteroatoms. The van der Waals surface area contributed by atoms with Crippen LogP contribution in [-0.2, 0) is 0 Å². The monoisotopic (exact) mass is 318 g/mol. The Hall–Kier alpha value is -2.97. The van der Waals surface area contributed by atoms with Gasteiger partial charge in [0.25, 0.3) is 0 Å². The van der Waals surface area contributed by atoms with Gasteiger partial charge in [0.15, 0.2) is 0 Å². The van der Waals surface area contributed by atoms with Crippen molar-refractivity contribution in [1.29, 1.82) is 10.5 Å². The summed E-state index contributed by atoms with van der Waals surface area (Å²) >= 11 is 5.02. The number of H-pyrrole nitrogens is 1. The van der Waals surface area contributed by atoms with E-state index in [9.17, 15) is 19.3 Å². The summed E-state index contributed by atoms with van der Waals surface area (Å²) in [6.45, 7) is -2.98. The molecule has 0 atom stereocenters. The zero-order valence-corrected chi connectivity index (χ0v) is 11.7. The number of rotatable bonds is 3. The molecule has 0 radical (unpaired) electrons. The van der Waals surface area contributed by atoms with Crippen LogP contribution in [0.1, 0.15) is 11.1 Å². The van der Waals surface area contributed by atoms with Crippen LogP contribution in [0.3, 0.4) is 0 Å². The standard InChI is InChI=1S/C14H8F2N4OS/c15-14(16)21-8-3-1-2-7(4-8)11-9(5-17)12(19)20-13(22)10(11)6-18/h1-4,14H,(H3,19,20,22). The third-order valence-corrected chi connectivity index (χ3v) is 3.12. The van der Waals surface area contributed by atoms with Gasteiger partial charge in [0.2, 0.25) is 0 Å². The predicted molar refractivity (Wildman–Crippen MR) is 77.5 cm³/mol. The molecule has 0 fully saturated rings. The topological polar surface area (TPSA) is 98.6 Å². The van der Waals surface area contributed by atoms with Crippen molar-refractivity contribution in [2.24, 2.45) is 0 Å². The summed E-state index contributed by atoms with van der Waals surface area (Å²) in [6.07, 6.45) is 0.